The van der Waals surface area contributed by atoms with Crippen LogP contribution in [0.5, 0.6) is 0 Å². The van der Waals surface area contributed by atoms with Gasteiger partial charge in [0.1, 0.15) is 11.4 Å². The lowest BCUT2D eigenvalue weighted by Crippen LogP contribution is -2.43. The van der Waals surface area contributed by atoms with Crippen LogP contribution >= 0.6 is 11.3 Å². The second-order valence-corrected chi connectivity index (χ2v) is 8.34. The fourth-order valence-electron chi connectivity index (χ4n) is 3.75. The molecule has 0 saturated heterocycles. The normalized spacial score (nSPS) is 19.9. The Labute approximate surface area is 162 Å². The van der Waals surface area contributed by atoms with Gasteiger partial charge in [-0.25, -0.2) is 4.98 Å². The first-order valence-corrected chi connectivity index (χ1v) is 10.3. The van der Waals surface area contributed by atoms with E-state index < -0.39 is 0 Å². The molecule has 3 aromatic rings. The average molecular weight is 382 g/mol. The van der Waals surface area contributed by atoms with E-state index in [4.69, 9.17) is 0 Å². The minimum Gasteiger partial charge on any atom is -0.352 e. The SMILES string of the molecule is C[C@@H]1CCCC[C@H]1NC(=O)Cn1cnc2sc(-c3ccccc3)cc2c1=O. The van der Waals surface area contributed by atoms with Gasteiger partial charge in [0.05, 0.1) is 11.7 Å². The van der Waals surface area contributed by atoms with Gasteiger partial charge in [-0.3, -0.25) is 14.2 Å². The summed E-state index contributed by atoms with van der Waals surface area (Å²) in [6.45, 7) is 2.20. The molecule has 1 N–H and O–H groups in total. The van der Waals surface area contributed by atoms with Crippen LogP contribution in [0, 0.1) is 5.92 Å². The number of nitrogens with one attached hydrogen (secondary N) is 1. The standard InChI is InChI=1S/C21H23N3O2S/c1-14-7-5-6-10-17(14)23-19(25)12-24-13-22-20-16(21(24)26)11-18(27-20)15-8-3-2-4-9-15/h2-4,8-9,11,13-14,17H,5-7,10,12H2,1H3,(H,23,25)/t14-,17-/m1/s1. The molecule has 140 valence electrons. The molecule has 1 aliphatic carbocycles. The number of amides is 1. The summed E-state index contributed by atoms with van der Waals surface area (Å²) in [7, 11) is 0. The molecule has 2 heterocycles. The van der Waals surface area contributed by atoms with Gasteiger partial charge in [-0.1, -0.05) is 50.1 Å². The zero-order valence-electron chi connectivity index (χ0n) is 15.4. The number of rotatable bonds is 4. The molecule has 0 bridgehead atoms. The molecule has 1 aliphatic rings. The maximum atomic E-state index is 12.8. The van der Waals surface area contributed by atoms with Gasteiger partial charge in [0.2, 0.25) is 5.91 Å². The highest BCUT2D eigenvalue weighted by Gasteiger charge is 2.23. The molecule has 1 aromatic carbocycles. The van der Waals surface area contributed by atoms with Crippen molar-refractivity contribution in [3.8, 4) is 10.4 Å². The summed E-state index contributed by atoms with van der Waals surface area (Å²) in [5.74, 6) is 0.376. The molecule has 2 atom stereocenters. The van der Waals surface area contributed by atoms with E-state index in [0.717, 1.165) is 29.7 Å². The second kappa shape index (κ2) is 7.64. The van der Waals surface area contributed by atoms with Crippen molar-refractivity contribution in [2.75, 3.05) is 0 Å². The van der Waals surface area contributed by atoms with Gasteiger partial charge in [0.15, 0.2) is 0 Å². The van der Waals surface area contributed by atoms with E-state index in [1.165, 1.54) is 28.7 Å². The van der Waals surface area contributed by atoms with Crippen LogP contribution < -0.4 is 10.9 Å². The van der Waals surface area contributed by atoms with Crippen molar-refractivity contribution in [3.63, 3.8) is 0 Å². The first-order valence-electron chi connectivity index (χ1n) is 9.45. The van der Waals surface area contributed by atoms with Crippen molar-refractivity contribution < 1.29 is 4.79 Å². The fraction of sp³-hybridized carbons (Fsp3) is 0.381. The first-order chi connectivity index (χ1) is 13.1. The number of hydrogen-bond acceptors (Lipinski definition) is 4. The number of carbonyl (C=O) groups excluding carboxylic acids is 1. The lowest BCUT2D eigenvalue weighted by molar-refractivity contribution is -0.123. The highest BCUT2D eigenvalue weighted by atomic mass is 32.1. The zero-order chi connectivity index (χ0) is 18.8. The fourth-order valence-corrected chi connectivity index (χ4v) is 4.75. The molecule has 1 amide bonds. The molecule has 6 heteroatoms. The summed E-state index contributed by atoms with van der Waals surface area (Å²) in [6.07, 6.45) is 6.04. The molecule has 0 spiro atoms. The number of nitrogens with zero attached hydrogens (tertiary/aromatic N) is 2. The predicted molar refractivity (Wildman–Crippen MR) is 109 cm³/mol. The Balaban J connectivity index is 1.55. The lowest BCUT2D eigenvalue weighted by atomic mass is 9.86. The molecule has 1 saturated carbocycles. The minimum atomic E-state index is -0.162. The summed E-state index contributed by atoms with van der Waals surface area (Å²) >= 11 is 1.50. The second-order valence-electron chi connectivity index (χ2n) is 7.31. The van der Waals surface area contributed by atoms with Crippen LogP contribution in [0.1, 0.15) is 32.6 Å². The number of hydrogen-bond donors (Lipinski definition) is 1. The monoisotopic (exact) mass is 381 g/mol. The van der Waals surface area contributed by atoms with E-state index in [1.807, 2.05) is 36.4 Å². The van der Waals surface area contributed by atoms with Gasteiger partial charge in [0, 0.05) is 10.9 Å². The maximum absolute atomic E-state index is 12.8. The van der Waals surface area contributed by atoms with E-state index in [2.05, 4.69) is 17.2 Å². The van der Waals surface area contributed by atoms with Gasteiger partial charge < -0.3 is 5.32 Å². The minimum absolute atomic E-state index is 0.0154. The first kappa shape index (κ1) is 17.9. The maximum Gasteiger partial charge on any atom is 0.262 e. The Kier molecular flexibility index (Phi) is 5.07. The highest BCUT2D eigenvalue weighted by Crippen LogP contribution is 2.30. The third-order valence-electron chi connectivity index (χ3n) is 5.35. The van der Waals surface area contributed by atoms with Gasteiger partial charge >= 0.3 is 0 Å². The van der Waals surface area contributed by atoms with E-state index in [9.17, 15) is 9.59 Å². The molecule has 27 heavy (non-hydrogen) atoms. The van der Waals surface area contributed by atoms with Crippen molar-refractivity contribution in [2.24, 2.45) is 5.92 Å². The Morgan fingerprint density at radius 3 is 2.81 bits per heavy atom. The molecule has 1 fully saturated rings. The largest absolute Gasteiger partial charge is 0.352 e. The van der Waals surface area contributed by atoms with Crippen LogP contribution in [-0.4, -0.2) is 21.5 Å². The van der Waals surface area contributed by atoms with E-state index in [-0.39, 0.29) is 24.1 Å². The van der Waals surface area contributed by atoms with Crippen LogP contribution in [0.4, 0.5) is 0 Å². The van der Waals surface area contributed by atoms with Crippen molar-refractivity contribution in [3.05, 3.63) is 53.1 Å². The topological polar surface area (TPSA) is 64.0 Å². The van der Waals surface area contributed by atoms with Crippen molar-refractivity contribution in [1.29, 1.82) is 0 Å². The molecule has 0 radical (unpaired) electrons. The van der Waals surface area contributed by atoms with Gasteiger partial charge in [-0.05, 0) is 30.4 Å². The number of carbonyl (C=O) groups is 1. The Bertz CT molecular complexity index is 1010. The molecule has 0 unspecified atom stereocenters. The Morgan fingerprint density at radius 1 is 1.26 bits per heavy atom. The summed E-state index contributed by atoms with van der Waals surface area (Å²) in [5.41, 5.74) is 0.903. The predicted octanol–water partition coefficient (Wildman–Crippen LogP) is 3.82. The van der Waals surface area contributed by atoms with Crippen molar-refractivity contribution in [2.45, 2.75) is 45.2 Å². The van der Waals surface area contributed by atoms with E-state index in [0.29, 0.717) is 16.1 Å². The third-order valence-corrected chi connectivity index (χ3v) is 6.44. The Morgan fingerprint density at radius 2 is 2.04 bits per heavy atom. The summed E-state index contributed by atoms with van der Waals surface area (Å²) < 4.78 is 1.41. The van der Waals surface area contributed by atoms with Gasteiger partial charge in [-0.15, -0.1) is 11.3 Å². The van der Waals surface area contributed by atoms with Crippen molar-refractivity contribution >= 4 is 27.5 Å². The van der Waals surface area contributed by atoms with Crippen LogP contribution in [0.25, 0.3) is 20.7 Å². The van der Waals surface area contributed by atoms with Crippen molar-refractivity contribution in [1.82, 2.24) is 14.9 Å². The van der Waals surface area contributed by atoms with Crippen LogP contribution in [0.2, 0.25) is 0 Å². The number of thiophene rings is 1. The molecule has 0 aliphatic heterocycles. The van der Waals surface area contributed by atoms with Crippen LogP contribution in [0.15, 0.2) is 47.5 Å². The number of fused-ring (bicyclic) bond motifs is 1. The summed E-state index contributed by atoms with van der Waals surface area (Å²) in [4.78, 5) is 31.4. The third kappa shape index (κ3) is 3.81. The molecule has 5 nitrogen and oxygen atoms in total. The number of aromatic nitrogens is 2. The summed E-state index contributed by atoms with van der Waals surface area (Å²) in [5, 5.41) is 3.67. The van der Waals surface area contributed by atoms with E-state index in [1.54, 1.807) is 0 Å². The van der Waals surface area contributed by atoms with Crippen LogP contribution in [0.3, 0.4) is 0 Å². The smallest absolute Gasteiger partial charge is 0.262 e. The highest BCUT2D eigenvalue weighted by molar-refractivity contribution is 7.21. The quantitative estimate of drug-likeness (QED) is 0.747. The number of benzene rings is 1. The zero-order valence-corrected chi connectivity index (χ0v) is 16.2. The molecule has 2 aromatic heterocycles. The Hall–Kier alpha value is -2.47. The average Bonchev–Trinajstić information content (AvgIpc) is 3.12. The molecule has 4 rings (SSSR count). The summed E-state index contributed by atoms with van der Waals surface area (Å²) in [6, 6.07) is 12.0. The molecular weight excluding hydrogens is 358 g/mol. The van der Waals surface area contributed by atoms with Crippen LogP contribution in [-0.2, 0) is 11.3 Å². The molecular formula is C21H23N3O2S. The van der Waals surface area contributed by atoms with Gasteiger partial charge in [0.25, 0.3) is 5.56 Å². The lowest BCUT2D eigenvalue weighted by Gasteiger charge is -2.29. The van der Waals surface area contributed by atoms with E-state index >= 15 is 0 Å². The van der Waals surface area contributed by atoms with Gasteiger partial charge in [-0.2, -0.15) is 0 Å².